The standard InChI is InChI=1S/C14H23N2/c1-3-11-15-14(9-5-6-10-14)16(12-4-2)13-7-8-13/h3-4,13H,1-2,5-12H2. The average Bonchev–Trinajstić information content (AvgIpc) is 3.02. The van der Waals surface area contributed by atoms with E-state index in [1.54, 1.807) is 0 Å². The monoisotopic (exact) mass is 219 g/mol. The van der Waals surface area contributed by atoms with Gasteiger partial charge < -0.3 is 0 Å². The van der Waals surface area contributed by atoms with Crippen LogP contribution in [-0.2, 0) is 0 Å². The van der Waals surface area contributed by atoms with Crippen molar-refractivity contribution in [1.29, 1.82) is 0 Å². The molecule has 0 aromatic rings. The van der Waals surface area contributed by atoms with Crippen LogP contribution >= 0.6 is 0 Å². The van der Waals surface area contributed by atoms with Crippen molar-refractivity contribution >= 4 is 0 Å². The number of rotatable bonds is 7. The molecule has 0 spiro atoms. The summed E-state index contributed by atoms with van der Waals surface area (Å²) in [6, 6.07) is 0.768. The van der Waals surface area contributed by atoms with Crippen molar-refractivity contribution in [2.45, 2.75) is 50.2 Å². The summed E-state index contributed by atoms with van der Waals surface area (Å²) in [5, 5.41) is 4.91. The third kappa shape index (κ3) is 2.38. The normalized spacial score (nSPS) is 23.6. The predicted molar refractivity (Wildman–Crippen MR) is 68.3 cm³/mol. The van der Waals surface area contributed by atoms with Crippen LogP contribution in [0, 0.1) is 0 Å². The van der Waals surface area contributed by atoms with Crippen LogP contribution in [0.25, 0.3) is 0 Å². The minimum absolute atomic E-state index is 0.115. The fourth-order valence-electron chi connectivity index (χ4n) is 2.90. The van der Waals surface area contributed by atoms with Crippen molar-refractivity contribution < 1.29 is 0 Å². The molecule has 2 saturated carbocycles. The highest BCUT2D eigenvalue weighted by Crippen LogP contribution is 2.40. The zero-order chi connectivity index (χ0) is 11.4. The van der Waals surface area contributed by atoms with Crippen LogP contribution in [-0.4, -0.2) is 29.7 Å². The quantitative estimate of drug-likeness (QED) is 0.602. The van der Waals surface area contributed by atoms with E-state index in [-0.39, 0.29) is 5.66 Å². The van der Waals surface area contributed by atoms with Gasteiger partial charge in [-0.1, -0.05) is 25.0 Å². The van der Waals surface area contributed by atoms with Crippen LogP contribution in [0.2, 0.25) is 0 Å². The summed E-state index contributed by atoms with van der Waals surface area (Å²) >= 11 is 0. The lowest BCUT2D eigenvalue weighted by molar-refractivity contribution is 0.0626. The molecule has 0 N–H and O–H groups in total. The Morgan fingerprint density at radius 2 is 1.88 bits per heavy atom. The first-order valence-electron chi connectivity index (χ1n) is 6.49. The molecule has 2 aliphatic carbocycles. The Morgan fingerprint density at radius 1 is 1.19 bits per heavy atom. The van der Waals surface area contributed by atoms with E-state index in [2.05, 4.69) is 18.1 Å². The van der Waals surface area contributed by atoms with Gasteiger partial charge in [0.15, 0.2) is 0 Å². The second-order valence-electron chi connectivity index (χ2n) is 4.99. The molecule has 0 aliphatic heterocycles. The molecule has 89 valence electrons. The molecule has 0 amide bonds. The summed E-state index contributed by atoms with van der Waals surface area (Å²) in [5.41, 5.74) is 0.115. The second kappa shape index (κ2) is 5.15. The van der Waals surface area contributed by atoms with Crippen molar-refractivity contribution in [2.75, 3.05) is 13.1 Å². The molecule has 0 aromatic carbocycles. The maximum atomic E-state index is 4.91. The highest BCUT2D eigenvalue weighted by molar-refractivity contribution is 5.02. The Labute approximate surface area is 99.4 Å². The Kier molecular flexibility index (Phi) is 3.82. The fourth-order valence-corrected chi connectivity index (χ4v) is 2.90. The third-order valence-corrected chi connectivity index (χ3v) is 3.77. The Morgan fingerprint density at radius 3 is 2.38 bits per heavy atom. The van der Waals surface area contributed by atoms with Crippen molar-refractivity contribution in [2.24, 2.45) is 0 Å². The van der Waals surface area contributed by atoms with Gasteiger partial charge in [-0.25, -0.2) is 5.32 Å². The lowest BCUT2D eigenvalue weighted by Crippen LogP contribution is -2.54. The van der Waals surface area contributed by atoms with E-state index >= 15 is 0 Å². The summed E-state index contributed by atoms with van der Waals surface area (Å²) in [6.45, 7) is 9.46. The van der Waals surface area contributed by atoms with Crippen molar-refractivity contribution in [3.8, 4) is 0 Å². The first-order chi connectivity index (χ1) is 7.82. The molecule has 0 unspecified atom stereocenters. The molecular weight excluding hydrogens is 196 g/mol. The molecule has 2 rings (SSSR count). The Balaban J connectivity index is 2.07. The van der Waals surface area contributed by atoms with E-state index in [1.807, 2.05) is 12.2 Å². The Hall–Kier alpha value is -0.600. The summed E-state index contributed by atoms with van der Waals surface area (Å²) in [5.74, 6) is 0. The van der Waals surface area contributed by atoms with Crippen LogP contribution in [0.15, 0.2) is 25.3 Å². The van der Waals surface area contributed by atoms with Gasteiger partial charge in [0.05, 0.1) is 5.66 Å². The topological polar surface area (TPSA) is 17.3 Å². The first kappa shape index (κ1) is 11.9. The van der Waals surface area contributed by atoms with Gasteiger partial charge in [-0.05, 0) is 25.7 Å². The SMILES string of the molecule is C=CC[N]C1(N(CC=C)C2CC2)CCCC1. The molecular formula is C14H23N2. The second-order valence-corrected chi connectivity index (χ2v) is 4.99. The predicted octanol–water partition coefficient (Wildman–Crippen LogP) is 2.70. The molecule has 0 saturated heterocycles. The van der Waals surface area contributed by atoms with Crippen molar-refractivity contribution in [1.82, 2.24) is 10.2 Å². The van der Waals surface area contributed by atoms with Gasteiger partial charge >= 0.3 is 0 Å². The maximum absolute atomic E-state index is 4.91. The highest BCUT2D eigenvalue weighted by atomic mass is 15.4. The average molecular weight is 219 g/mol. The molecule has 2 heteroatoms. The molecule has 0 atom stereocenters. The zero-order valence-electron chi connectivity index (χ0n) is 10.2. The van der Waals surface area contributed by atoms with Gasteiger partial charge in [-0.15, -0.1) is 13.2 Å². The minimum atomic E-state index is 0.115. The van der Waals surface area contributed by atoms with Gasteiger partial charge in [-0.2, -0.15) is 0 Å². The highest BCUT2D eigenvalue weighted by Gasteiger charge is 2.45. The van der Waals surface area contributed by atoms with Crippen LogP contribution in [0.4, 0.5) is 0 Å². The summed E-state index contributed by atoms with van der Waals surface area (Å²) in [4.78, 5) is 2.59. The van der Waals surface area contributed by atoms with Crippen molar-refractivity contribution in [3.63, 3.8) is 0 Å². The molecule has 2 nitrogen and oxygen atoms in total. The van der Waals surface area contributed by atoms with E-state index < -0.39 is 0 Å². The van der Waals surface area contributed by atoms with Gasteiger partial charge in [-0.3, -0.25) is 4.90 Å². The van der Waals surface area contributed by atoms with Crippen LogP contribution in [0.3, 0.4) is 0 Å². The van der Waals surface area contributed by atoms with E-state index in [0.717, 1.165) is 19.1 Å². The molecule has 0 aromatic heterocycles. The first-order valence-corrected chi connectivity index (χ1v) is 6.49. The van der Waals surface area contributed by atoms with Gasteiger partial charge in [0, 0.05) is 19.1 Å². The van der Waals surface area contributed by atoms with Crippen LogP contribution in [0.5, 0.6) is 0 Å². The van der Waals surface area contributed by atoms with E-state index in [4.69, 9.17) is 5.32 Å². The largest absolute Gasteiger partial charge is 0.278 e. The van der Waals surface area contributed by atoms with Gasteiger partial charge in [0.1, 0.15) is 0 Å². The van der Waals surface area contributed by atoms with Crippen LogP contribution < -0.4 is 5.32 Å². The van der Waals surface area contributed by atoms with Gasteiger partial charge in [0.25, 0.3) is 0 Å². The fraction of sp³-hybridized carbons (Fsp3) is 0.714. The number of nitrogens with zero attached hydrogens (tertiary/aromatic N) is 2. The lowest BCUT2D eigenvalue weighted by Gasteiger charge is -2.40. The smallest absolute Gasteiger partial charge is 0.0882 e. The molecule has 2 fully saturated rings. The number of hydrogen-bond acceptors (Lipinski definition) is 1. The maximum Gasteiger partial charge on any atom is 0.0882 e. The van der Waals surface area contributed by atoms with Gasteiger partial charge in [0.2, 0.25) is 0 Å². The Bertz CT molecular complexity index is 249. The molecule has 16 heavy (non-hydrogen) atoms. The molecule has 0 bridgehead atoms. The lowest BCUT2D eigenvalue weighted by atomic mass is 10.1. The van der Waals surface area contributed by atoms with E-state index in [1.165, 1.54) is 38.5 Å². The van der Waals surface area contributed by atoms with E-state index in [0.29, 0.717) is 0 Å². The summed E-state index contributed by atoms with van der Waals surface area (Å²) in [7, 11) is 0. The van der Waals surface area contributed by atoms with Crippen LogP contribution in [0.1, 0.15) is 38.5 Å². The molecule has 2 aliphatic rings. The summed E-state index contributed by atoms with van der Waals surface area (Å²) in [6.07, 6.45) is 11.7. The van der Waals surface area contributed by atoms with E-state index in [9.17, 15) is 0 Å². The molecule has 1 radical (unpaired) electrons. The third-order valence-electron chi connectivity index (χ3n) is 3.77. The van der Waals surface area contributed by atoms with Crippen molar-refractivity contribution in [3.05, 3.63) is 25.3 Å². The summed E-state index contributed by atoms with van der Waals surface area (Å²) < 4.78 is 0. The molecule has 0 heterocycles. The zero-order valence-corrected chi connectivity index (χ0v) is 10.2. The number of hydrogen-bond donors (Lipinski definition) is 0. The minimum Gasteiger partial charge on any atom is -0.278 e.